The predicted octanol–water partition coefficient (Wildman–Crippen LogP) is 1.82. The highest BCUT2D eigenvalue weighted by Gasteiger charge is 2.00. The molecule has 14 heavy (non-hydrogen) atoms. The van der Waals surface area contributed by atoms with E-state index >= 15 is 0 Å². The topological polar surface area (TPSA) is 49.6 Å². The molecule has 0 fully saturated rings. The normalized spacial score (nSPS) is 9.36. The molecule has 2 rings (SSSR count). The number of rotatable bonds is 1. The molecule has 3 heteroatoms. The minimum absolute atomic E-state index is 0.400. The summed E-state index contributed by atoms with van der Waals surface area (Å²) in [6.45, 7) is 0. The standard InChI is InChI=1S/C11H6N3/c12-8-9-4-3-6-11(14-9)10-5-1-2-7-13-10/h1,3-7H. The van der Waals surface area contributed by atoms with E-state index < -0.39 is 0 Å². The number of aromatic nitrogens is 2. The first-order valence-corrected chi connectivity index (χ1v) is 4.10. The summed E-state index contributed by atoms with van der Waals surface area (Å²) in [5, 5.41) is 8.67. The molecule has 0 aliphatic carbocycles. The van der Waals surface area contributed by atoms with E-state index in [1.165, 1.54) is 0 Å². The molecule has 0 bridgehead atoms. The molecule has 0 spiro atoms. The first-order valence-electron chi connectivity index (χ1n) is 4.10. The second-order valence-electron chi connectivity index (χ2n) is 2.66. The fourth-order valence-corrected chi connectivity index (χ4v) is 1.11. The Bertz CT molecular complexity index is 471. The molecule has 0 aliphatic heterocycles. The largest absolute Gasteiger partial charge is 0.254 e. The Kier molecular flexibility index (Phi) is 2.20. The maximum Gasteiger partial charge on any atom is 0.141 e. The van der Waals surface area contributed by atoms with Crippen molar-refractivity contribution in [2.24, 2.45) is 0 Å². The summed E-state index contributed by atoms with van der Waals surface area (Å²) in [5.74, 6) is 0. The molecule has 0 aliphatic rings. The minimum atomic E-state index is 0.400. The molecule has 0 saturated carbocycles. The first-order chi connectivity index (χ1) is 6.90. The number of hydrogen-bond donors (Lipinski definition) is 0. The van der Waals surface area contributed by atoms with Gasteiger partial charge in [-0.05, 0) is 18.2 Å². The predicted molar refractivity (Wildman–Crippen MR) is 51.0 cm³/mol. The summed E-state index contributed by atoms with van der Waals surface area (Å²) in [6, 6.07) is 13.7. The van der Waals surface area contributed by atoms with Gasteiger partial charge in [0.2, 0.25) is 0 Å². The highest BCUT2D eigenvalue weighted by molar-refractivity contribution is 5.54. The number of pyridine rings is 2. The number of nitrogens with zero attached hydrogens (tertiary/aromatic N) is 3. The molecule has 2 aromatic rings. The summed E-state index contributed by atoms with van der Waals surface area (Å²) in [5.41, 5.74) is 1.86. The second kappa shape index (κ2) is 3.67. The van der Waals surface area contributed by atoms with E-state index in [2.05, 4.69) is 16.0 Å². The van der Waals surface area contributed by atoms with Gasteiger partial charge in [-0.1, -0.05) is 12.1 Å². The van der Waals surface area contributed by atoms with Crippen molar-refractivity contribution in [3.63, 3.8) is 0 Å². The lowest BCUT2D eigenvalue weighted by Crippen LogP contribution is -1.88. The van der Waals surface area contributed by atoms with Gasteiger partial charge in [-0.3, -0.25) is 4.98 Å². The first kappa shape index (κ1) is 8.39. The Labute approximate surface area is 81.7 Å². The van der Waals surface area contributed by atoms with E-state index in [0.717, 1.165) is 5.69 Å². The van der Waals surface area contributed by atoms with Crippen molar-refractivity contribution >= 4 is 0 Å². The lowest BCUT2D eigenvalue weighted by molar-refractivity contribution is 1.22. The van der Waals surface area contributed by atoms with Crippen molar-refractivity contribution in [2.75, 3.05) is 0 Å². The molecule has 2 heterocycles. The molecule has 0 atom stereocenters. The van der Waals surface area contributed by atoms with Crippen LogP contribution in [0.2, 0.25) is 0 Å². The molecule has 1 radical (unpaired) electrons. The van der Waals surface area contributed by atoms with Crippen LogP contribution in [0.25, 0.3) is 11.4 Å². The van der Waals surface area contributed by atoms with Crippen LogP contribution in [-0.2, 0) is 0 Å². The molecule has 65 valence electrons. The third-order valence-electron chi connectivity index (χ3n) is 1.74. The molecule has 0 unspecified atom stereocenters. The zero-order chi connectivity index (χ0) is 9.80. The minimum Gasteiger partial charge on any atom is -0.254 e. The fraction of sp³-hybridized carbons (Fsp3) is 0. The summed E-state index contributed by atoms with van der Waals surface area (Å²) >= 11 is 0. The van der Waals surface area contributed by atoms with Gasteiger partial charge < -0.3 is 0 Å². The number of nitriles is 1. The van der Waals surface area contributed by atoms with Crippen LogP contribution in [0.4, 0.5) is 0 Å². The van der Waals surface area contributed by atoms with Gasteiger partial charge in [0, 0.05) is 12.3 Å². The number of hydrogen-bond acceptors (Lipinski definition) is 3. The zero-order valence-corrected chi connectivity index (χ0v) is 7.31. The van der Waals surface area contributed by atoms with E-state index in [-0.39, 0.29) is 0 Å². The average molecular weight is 180 g/mol. The van der Waals surface area contributed by atoms with E-state index in [1.54, 1.807) is 24.4 Å². The molecule has 0 aromatic carbocycles. The Morgan fingerprint density at radius 3 is 2.86 bits per heavy atom. The van der Waals surface area contributed by atoms with Gasteiger partial charge in [0.15, 0.2) is 0 Å². The summed E-state index contributed by atoms with van der Waals surface area (Å²) in [6.07, 6.45) is 1.58. The SMILES string of the molecule is N#Cc1cccc(-c2cc[c]cn2)n1. The van der Waals surface area contributed by atoms with E-state index in [9.17, 15) is 0 Å². The van der Waals surface area contributed by atoms with Crippen molar-refractivity contribution in [3.8, 4) is 17.5 Å². The van der Waals surface area contributed by atoms with E-state index in [0.29, 0.717) is 11.4 Å². The molecule has 2 aromatic heterocycles. The van der Waals surface area contributed by atoms with Crippen molar-refractivity contribution in [1.82, 2.24) is 9.97 Å². The summed E-state index contributed by atoms with van der Waals surface area (Å²) in [7, 11) is 0. The monoisotopic (exact) mass is 180 g/mol. The Morgan fingerprint density at radius 2 is 2.14 bits per heavy atom. The molecule has 3 nitrogen and oxygen atoms in total. The van der Waals surface area contributed by atoms with Crippen LogP contribution >= 0.6 is 0 Å². The van der Waals surface area contributed by atoms with Crippen molar-refractivity contribution in [1.29, 1.82) is 5.26 Å². The van der Waals surface area contributed by atoms with Crippen molar-refractivity contribution < 1.29 is 0 Å². The molecule has 0 amide bonds. The van der Waals surface area contributed by atoms with Crippen LogP contribution < -0.4 is 0 Å². The maximum atomic E-state index is 8.67. The fourth-order valence-electron chi connectivity index (χ4n) is 1.11. The highest BCUT2D eigenvalue weighted by atomic mass is 14.8. The van der Waals surface area contributed by atoms with Crippen LogP contribution in [0.15, 0.2) is 36.5 Å². The van der Waals surface area contributed by atoms with Crippen LogP contribution in [0, 0.1) is 17.4 Å². The van der Waals surface area contributed by atoms with Crippen LogP contribution in [0.5, 0.6) is 0 Å². The summed E-state index contributed by atoms with van der Waals surface area (Å²) < 4.78 is 0. The Balaban J connectivity index is 2.49. The van der Waals surface area contributed by atoms with Crippen LogP contribution in [0.3, 0.4) is 0 Å². The highest BCUT2D eigenvalue weighted by Crippen LogP contribution is 2.12. The van der Waals surface area contributed by atoms with Gasteiger partial charge >= 0.3 is 0 Å². The quantitative estimate of drug-likeness (QED) is 0.672. The van der Waals surface area contributed by atoms with E-state index in [1.807, 2.05) is 18.2 Å². The third-order valence-corrected chi connectivity index (χ3v) is 1.74. The molecular weight excluding hydrogens is 174 g/mol. The van der Waals surface area contributed by atoms with Crippen LogP contribution in [-0.4, -0.2) is 9.97 Å². The van der Waals surface area contributed by atoms with Crippen molar-refractivity contribution in [3.05, 3.63) is 48.3 Å². The van der Waals surface area contributed by atoms with E-state index in [4.69, 9.17) is 5.26 Å². The second-order valence-corrected chi connectivity index (χ2v) is 2.66. The third kappa shape index (κ3) is 1.59. The lowest BCUT2D eigenvalue weighted by atomic mass is 10.2. The molecule has 0 saturated heterocycles. The molecule has 0 N–H and O–H groups in total. The smallest absolute Gasteiger partial charge is 0.141 e. The zero-order valence-electron chi connectivity index (χ0n) is 7.31. The van der Waals surface area contributed by atoms with Gasteiger partial charge in [-0.2, -0.15) is 5.26 Å². The van der Waals surface area contributed by atoms with Crippen LogP contribution in [0.1, 0.15) is 5.69 Å². The molecular formula is C11H6N3. The Morgan fingerprint density at radius 1 is 1.21 bits per heavy atom. The average Bonchev–Trinajstić information content (AvgIpc) is 2.30. The van der Waals surface area contributed by atoms with Gasteiger partial charge in [-0.25, -0.2) is 4.98 Å². The maximum absolute atomic E-state index is 8.67. The Hall–Kier alpha value is -2.21. The summed E-state index contributed by atoms with van der Waals surface area (Å²) in [4.78, 5) is 8.22. The van der Waals surface area contributed by atoms with Gasteiger partial charge in [0.25, 0.3) is 0 Å². The van der Waals surface area contributed by atoms with Crippen molar-refractivity contribution in [2.45, 2.75) is 0 Å². The lowest BCUT2D eigenvalue weighted by Gasteiger charge is -1.98. The van der Waals surface area contributed by atoms with Gasteiger partial charge in [0.1, 0.15) is 11.8 Å². The van der Waals surface area contributed by atoms with Gasteiger partial charge in [0.05, 0.1) is 11.4 Å². The van der Waals surface area contributed by atoms with Gasteiger partial charge in [-0.15, -0.1) is 0 Å².